The molecule has 1 heterocycles. The van der Waals surface area contributed by atoms with E-state index in [-0.39, 0.29) is 12.6 Å². The molecule has 6 heteroatoms. The third-order valence-electron chi connectivity index (χ3n) is 1.90. The lowest BCUT2D eigenvalue weighted by molar-refractivity contribution is -0.135. The van der Waals surface area contributed by atoms with Crippen molar-refractivity contribution < 1.29 is 19.4 Å². The molecule has 14 heavy (non-hydrogen) atoms. The van der Waals surface area contributed by atoms with Crippen molar-refractivity contribution in [3.8, 4) is 0 Å². The molecule has 0 saturated carbocycles. The first-order valence-corrected chi connectivity index (χ1v) is 4.52. The van der Waals surface area contributed by atoms with Gasteiger partial charge in [-0.1, -0.05) is 0 Å². The molecule has 80 valence electrons. The average Bonchev–Trinajstić information content (AvgIpc) is 2.42. The highest BCUT2D eigenvalue weighted by Gasteiger charge is 2.15. The fourth-order valence-electron chi connectivity index (χ4n) is 1.21. The molecule has 1 aliphatic rings. The van der Waals surface area contributed by atoms with Gasteiger partial charge < -0.3 is 20.1 Å². The number of carbonyl (C=O) groups excluding carboxylic acids is 1. The van der Waals surface area contributed by atoms with Crippen molar-refractivity contribution in [1.82, 2.24) is 10.2 Å². The first-order chi connectivity index (χ1) is 6.70. The molecule has 0 spiro atoms. The van der Waals surface area contributed by atoms with Gasteiger partial charge in [-0.15, -0.1) is 0 Å². The van der Waals surface area contributed by atoms with E-state index in [9.17, 15) is 9.59 Å². The van der Waals surface area contributed by atoms with Gasteiger partial charge in [-0.3, -0.25) is 4.79 Å². The van der Waals surface area contributed by atoms with E-state index in [1.54, 1.807) is 4.90 Å². The molecular weight excluding hydrogens is 188 g/mol. The zero-order valence-electron chi connectivity index (χ0n) is 7.86. The molecule has 1 fully saturated rings. The van der Waals surface area contributed by atoms with E-state index >= 15 is 0 Å². The van der Waals surface area contributed by atoms with Crippen LogP contribution in [0, 0.1) is 0 Å². The first-order valence-electron chi connectivity index (χ1n) is 4.52. The number of nitrogens with one attached hydrogen (secondary N) is 1. The van der Waals surface area contributed by atoms with Crippen LogP contribution < -0.4 is 5.32 Å². The third kappa shape index (κ3) is 3.61. The molecule has 0 unspecified atom stereocenters. The molecule has 1 saturated heterocycles. The Morgan fingerprint density at radius 1 is 1.36 bits per heavy atom. The molecule has 0 aromatic rings. The number of hydrogen-bond acceptors (Lipinski definition) is 3. The van der Waals surface area contributed by atoms with E-state index in [0.29, 0.717) is 26.3 Å². The number of ether oxygens (including phenoxy) is 1. The Balaban J connectivity index is 2.30. The van der Waals surface area contributed by atoms with Gasteiger partial charge >= 0.3 is 12.0 Å². The van der Waals surface area contributed by atoms with Gasteiger partial charge in [-0.25, -0.2) is 4.79 Å². The van der Waals surface area contributed by atoms with Gasteiger partial charge in [0.25, 0.3) is 0 Å². The van der Waals surface area contributed by atoms with Gasteiger partial charge in [0.15, 0.2) is 0 Å². The SMILES string of the molecule is O=C(O)CNC(=O)N1CCCOCC1. The molecular formula is C8H14N2O4. The zero-order valence-corrected chi connectivity index (χ0v) is 7.86. The molecule has 0 aromatic carbocycles. The fraction of sp³-hybridized carbons (Fsp3) is 0.750. The normalized spacial score (nSPS) is 17.3. The maximum absolute atomic E-state index is 11.4. The number of aliphatic carboxylic acids is 1. The van der Waals surface area contributed by atoms with Crippen molar-refractivity contribution in [3.05, 3.63) is 0 Å². The molecule has 0 radical (unpaired) electrons. The highest BCUT2D eigenvalue weighted by Crippen LogP contribution is 1.98. The minimum atomic E-state index is -1.04. The van der Waals surface area contributed by atoms with Crippen molar-refractivity contribution in [3.63, 3.8) is 0 Å². The molecule has 0 aromatic heterocycles. The Morgan fingerprint density at radius 2 is 2.14 bits per heavy atom. The number of nitrogens with zero attached hydrogens (tertiary/aromatic N) is 1. The molecule has 0 bridgehead atoms. The second-order valence-electron chi connectivity index (χ2n) is 3.01. The van der Waals surface area contributed by atoms with Crippen LogP contribution in [0.5, 0.6) is 0 Å². The number of carbonyl (C=O) groups is 2. The van der Waals surface area contributed by atoms with Crippen molar-refractivity contribution in [2.75, 3.05) is 32.8 Å². The number of urea groups is 1. The Morgan fingerprint density at radius 3 is 2.86 bits per heavy atom. The number of carboxylic acid groups (broad SMARTS) is 1. The zero-order chi connectivity index (χ0) is 10.4. The minimum absolute atomic E-state index is 0.335. The van der Waals surface area contributed by atoms with E-state index < -0.39 is 5.97 Å². The summed E-state index contributed by atoms with van der Waals surface area (Å²) in [4.78, 5) is 23.1. The summed E-state index contributed by atoms with van der Waals surface area (Å²) in [5.41, 5.74) is 0. The molecule has 2 amide bonds. The van der Waals surface area contributed by atoms with Gasteiger partial charge in [-0.2, -0.15) is 0 Å². The largest absolute Gasteiger partial charge is 0.480 e. The van der Waals surface area contributed by atoms with E-state index in [1.165, 1.54) is 0 Å². The van der Waals surface area contributed by atoms with Crippen LogP contribution >= 0.6 is 0 Å². The lowest BCUT2D eigenvalue weighted by Crippen LogP contribution is -2.43. The Labute approximate surface area is 81.8 Å². The number of amides is 2. The maximum Gasteiger partial charge on any atom is 0.323 e. The Bertz CT molecular complexity index is 211. The summed E-state index contributed by atoms with van der Waals surface area (Å²) in [6, 6.07) is -0.335. The van der Waals surface area contributed by atoms with Crippen LogP contribution in [0.4, 0.5) is 4.79 Å². The highest BCUT2D eigenvalue weighted by molar-refractivity contribution is 5.79. The molecule has 0 atom stereocenters. The van der Waals surface area contributed by atoms with Crippen molar-refractivity contribution in [2.24, 2.45) is 0 Å². The summed E-state index contributed by atoms with van der Waals surface area (Å²) in [6.07, 6.45) is 0.792. The topological polar surface area (TPSA) is 78.9 Å². The van der Waals surface area contributed by atoms with Crippen molar-refractivity contribution >= 4 is 12.0 Å². The maximum atomic E-state index is 11.4. The average molecular weight is 202 g/mol. The molecule has 2 N–H and O–H groups in total. The third-order valence-corrected chi connectivity index (χ3v) is 1.90. The van der Waals surface area contributed by atoms with Crippen LogP contribution in [-0.2, 0) is 9.53 Å². The van der Waals surface area contributed by atoms with Gasteiger partial charge in [0, 0.05) is 19.7 Å². The predicted molar refractivity (Wildman–Crippen MR) is 48.0 cm³/mol. The molecule has 0 aliphatic carbocycles. The predicted octanol–water partition coefficient (Wildman–Crippen LogP) is -0.497. The van der Waals surface area contributed by atoms with Crippen LogP contribution in [0.3, 0.4) is 0 Å². The van der Waals surface area contributed by atoms with Crippen LogP contribution in [0.15, 0.2) is 0 Å². The lowest BCUT2D eigenvalue weighted by Gasteiger charge is -2.19. The Hall–Kier alpha value is -1.30. The van der Waals surface area contributed by atoms with Crippen LogP contribution in [-0.4, -0.2) is 54.9 Å². The van der Waals surface area contributed by atoms with Gasteiger partial charge in [-0.05, 0) is 6.42 Å². The van der Waals surface area contributed by atoms with Crippen molar-refractivity contribution in [1.29, 1.82) is 0 Å². The number of hydrogen-bond donors (Lipinski definition) is 2. The van der Waals surface area contributed by atoms with E-state index in [0.717, 1.165) is 6.42 Å². The van der Waals surface area contributed by atoms with Gasteiger partial charge in [0.05, 0.1) is 6.61 Å². The second-order valence-corrected chi connectivity index (χ2v) is 3.01. The quantitative estimate of drug-likeness (QED) is 0.633. The first kappa shape index (κ1) is 10.8. The molecule has 1 aliphatic heterocycles. The van der Waals surface area contributed by atoms with E-state index in [1.807, 2.05) is 0 Å². The summed E-state index contributed by atoms with van der Waals surface area (Å²) in [5.74, 6) is -1.04. The smallest absolute Gasteiger partial charge is 0.323 e. The van der Waals surface area contributed by atoms with E-state index in [2.05, 4.69) is 5.32 Å². The Kier molecular flexibility index (Phi) is 4.18. The lowest BCUT2D eigenvalue weighted by atomic mass is 10.4. The summed E-state index contributed by atoms with van der Waals surface area (Å²) in [7, 11) is 0. The molecule has 1 rings (SSSR count). The van der Waals surface area contributed by atoms with Crippen LogP contribution in [0.1, 0.15) is 6.42 Å². The van der Waals surface area contributed by atoms with Crippen LogP contribution in [0.2, 0.25) is 0 Å². The summed E-state index contributed by atoms with van der Waals surface area (Å²) in [5, 5.41) is 10.7. The minimum Gasteiger partial charge on any atom is -0.480 e. The summed E-state index contributed by atoms with van der Waals surface area (Å²) in [6.45, 7) is 1.97. The van der Waals surface area contributed by atoms with Crippen LogP contribution in [0.25, 0.3) is 0 Å². The summed E-state index contributed by atoms with van der Waals surface area (Å²) < 4.78 is 5.16. The highest BCUT2D eigenvalue weighted by atomic mass is 16.5. The van der Waals surface area contributed by atoms with Gasteiger partial charge in [0.1, 0.15) is 6.54 Å². The molecule has 6 nitrogen and oxygen atoms in total. The van der Waals surface area contributed by atoms with Gasteiger partial charge in [0.2, 0.25) is 0 Å². The number of carboxylic acids is 1. The second kappa shape index (κ2) is 5.43. The fourth-order valence-corrected chi connectivity index (χ4v) is 1.21. The monoisotopic (exact) mass is 202 g/mol. The summed E-state index contributed by atoms with van der Waals surface area (Å²) >= 11 is 0. The van der Waals surface area contributed by atoms with Crippen molar-refractivity contribution in [2.45, 2.75) is 6.42 Å². The standard InChI is InChI=1S/C8H14N2O4/c11-7(12)6-9-8(13)10-2-1-4-14-5-3-10/h1-6H2,(H,9,13)(H,11,12). The number of rotatable bonds is 2. The van der Waals surface area contributed by atoms with E-state index in [4.69, 9.17) is 9.84 Å².